The van der Waals surface area contributed by atoms with E-state index in [0.29, 0.717) is 22.0 Å². The molecule has 0 amide bonds. The van der Waals surface area contributed by atoms with Crippen LogP contribution in [0, 0.1) is 6.92 Å². The van der Waals surface area contributed by atoms with Crippen molar-refractivity contribution in [3.05, 3.63) is 106 Å². The van der Waals surface area contributed by atoms with Gasteiger partial charge in [0, 0.05) is 33.7 Å². The summed E-state index contributed by atoms with van der Waals surface area (Å²) in [5.74, 6) is 0.690. The predicted octanol–water partition coefficient (Wildman–Crippen LogP) is 7.01. The summed E-state index contributed by atoms with van der Waals surface area (Å²) in [6, 6.07) is 25.4. The summed E-state index contributed by atoms with van der Waals surface area (Å²) in [5.41, 5.74) is 5.49. The first-order chi connectivity index (χ1) is 16.0. The van der Waals surface area contributed by atoms with Crippen molar-refractivity contribution in [1.82, 2.24) is 8.94 Å². The van der Waals surface area contributed by atoms with Crippen molar-refractivity contribution >= 4 is 39.8 Å². The van der Waals surface area contributed by atoms with Crippen LogP contribution in [0.25, 0.3) is 22.2 Å². The Morgan fingerprint density at radius 1 is 1.03 bits per heavy atom. The maximum absolute atomic E-state index is 13.7. The molecule has 4 nitrogen and oxygen atoms in total. The largest absolute Gasteiger partial charge is 0.497 e. The first kappa shape index (κ1) is 21.4. The minimum Gasteiger partial charge on any atom is -0.497 e. The zero-order chi connectivity index (χ0) is 22.9. The van der Waals surface area contributed by atoms with Gasteiger partial charge in [-0.05, 0) is 60.4 Å². The van der Waals surface area contributed by atoms with E-state index in [4.69, 9.17) is 16.3 Å². The van der Waals surface area contributed by atoms with E-state index in [2.05, 4.69) is 8.94 Å². The van der Waals surface area contributed by atoms with E-state index in [0.717, 1.165) is 39.2 Å². The molecule has 0 unspecified atom stereocenters. The molecule has 3 aromatic carbocycles. The Balaban J connectivity index is 1.61. The standard InChI is InChI=1S/C27H21ClN2O2S/c1-17-26(27(31)25-15-23(29-33-25)19-6-4-3-5-7-19)22-14-21(32-2)12-13-24(22)30(17)16-18-8-10-20(28)11-9-18/h3-15H,16H2,1-2H3. The second-order valence-electron chi connectivity index (χ2n) is 7.83. The molecule has 0 aliphatic carbocycles. The molecule has 2 aromatic heterocycles. The Hall–Kier alpha value is -3.41. The van der Waals surface area contributed by atoms with Gasteiger partial charge in [0.1, 0.15) is 5.75 Å². The lowest BCUT2D eigenvalue weighted by atomic mass is 10.0. The van der Waals surface area contributed by atoms with Crippen LogP contribution in [0.15, 0.2) is 78.9 Å². The molecule has 6 heteroatoms. The number of ketones is 1. The molecule has 5 aromatic rings. The van der Waals surface area contributed by atoms with Gasteiger partial charge in [-0.3, -0.25) is 4.79 Å². The van der Waals surface area contributed by atoms with Gasteiger partial charge in [-0.1, -0.05) is 54.1 Å². The minimum atomic E-state index is -0.0275. The van der Waals surface area contributed by atoms with Gasteiger partial charge in [-0.2, -0.15) is 4.37 Å². The van der Waals surface area contributed by atoms with Gasteiger partial charge in [-0.15, -0.1) is 0 Å². The lowest BCUT2D eigenvalue weighted by molar-refractivity contribution is 0.104. The molecule has 0 saturated carbocycles. The summed E-state index contributed by atoms with van der Waals surface area (Å²) < 4.78 is 12.2. The number of halogens is 1. The molecule has 0 spiro atoms. The first-order valence-corrected chi connectivity index (χ1v) is 11.7. The fourth-order valence-corrected chi connectivity index (χ4v) is 4.93. The van der Waals surface area contributed by atoms with Gasteiger partial charge >= 0.3 is 0 Å². The van der Waals surface area contributed by atoms with Crippen molar-refractivity contribution in [2.45, 2.75) is 13.5 Å². The molecule has 0 aliphatic rings. The lowest BCUT2D eigenvalue weighted by Crippen LogP contribution is -2.05. The van der Waals surface area contributed by atoms with Gasteiger partial charge < -0.3 is 9.30 Å². The molecular formula is C27H21ClN2O2S. The van der Waals surface area contributed by atoms with Crippen LogP contribution in [0.5, 0.6) is 5.75 Å². The highest BCUT2D eigenvalue weighted by Crippen LogP contribution is 2.33. The second kappa shape index (κ2) is 8.85. The molecule has 5 rings (SSSR count). The SMILES string of the molecule is COc1ccc2c(c1)c(C(=O)c1cc(-c3ccccc3)ns1)c(C)n2Cc1ccc(Cl)cc1. The van der Waals surface area contributed by atoms with Gasteiger partial charge in [-0.25, -0.2) is 0 Å². The molecule has 0 atom stereocenters. The third-order valence-electron chi connectivity index (χ3n) is 5.82. The van der Waals surface area contributed by atoms with Crippen LogP contribution in [0.2, 0.25) is 5.02 Å². The zero-order valence-corrected chi connectivity index (χ0v) is 19.8. The highest BCUT2D eigenvalue weighted by atomic mass is 35.5. The number of hydrogen-bond acceptors (Lipinski definition) is 4. The monoisotopic (exact) mass is 472 g/mol. The third kappa shape index (κ3) is 4.06. The van der Waals surface area contributed by atoms with E-state index < -0.39 is 0 Å². The van der Waals surface area contributed by atoms with Crippen molar-refractivity contribution in [1.29, 1.82) is 0 Å². The summed E-state index contributed by atoms with van der Waals surface area (Å²) in [6.45, 7) is 2.63. The maximum Gasteiger partial charge on any atom is 0.207 e. The Morgan fingerprint density at radius 3 is 2.52 bits per heavy atom. The van der Waals surface area contributed by atoms with E-state index >= 15 is 0 Å². The summed E-state index contributed by atoms with van der Waals surface area (Å²) in [7, 11) is 1.63. The first-order valence-electron chi connectivity index (χ1n) is 10.5. The van der Waals surface area contributed by atoms with Crippen molar-refractivity contribution in [3.63, 3.8) is 0 Å². The molecule has 0 radical (unpaired) electrons. The van der Waals surface area contributed by atoms with E-state index in [9.17, 15) is 4.79 Å². The number of carbonyl (C=O) groups is 1. The fourth-order valence-electron chi connectivity index (χ4n) is 4.10. The Morgan fingerprint density at radius 2 is 1.79 bits per heavy atom. The highest BCUT2D eigenvalue weighted by Gasteiger charge is 2.24. The van der Waals surface area contributed by atoms with Crippen LogP contribution in [0.4, 0.5) is 0 Å². The van der Waals surface area contributed by atoms with E-state index in [1.54, 1.807) is 7.11 Å². The number of nitrogens with zero attached hydrogens (tertiary/aromatic N) is 2. The van der Waals surface area contributed by atoms with Crippen molar-refractivity contribution in [3.8, 4) is 17.0 Å². The molecular weight excluding hydrogens is 452 g/mol. The zero-order valence-electron chi connectivity index (χ0n) is 18.2. The summed E-state index contributed by atoms with van der Waals surface area (Å²) in [5, 5.41) is 1.58. The molecule has 0 saturated heterocycles. The van der Waals surface area contributed by atoms with Crippen LogP contribution in [-0.2, 0) is 6.54 Å². The maximum atomic E-state index is 13.7. The molecule has 0 N–H and O–H groups in total. The number of methoxy groups -OCH3 is 1. The number of fused-ring (bicyclic) bond motifs is 1. The molecule has 0 aliphatic heterocycles. The minimum absolute atomic E-state index is 0.0275. The second-order valence-corrected chi connectivity index (χ2v) is 9.07. The Bertz CT molecular complexity index is 1450. The number of carbonyl (C=O) groups excluding carboxylic acids is 1. The average molecular weight is 473 g/mol. The molecule has 33 heavy (non-hydrogen) atoms. The number of aromatic nitrogens is 2. The van der Waals surface area contributed by atoms with Crippen molar-refractivity contribution in [2.75, 3.05) is 7.11 Å². The highest BCUT2D eigenvalue weighted by molar-refractivity contribution is 7.08. The van der Waals surface area contributed by atoms with Crippen LogP contribution >= 0.6 is 23.1 Å². The molecule has 2 heterocycles. The van der Waals surface area contributed by atoms with E-state index in [1.165, 1.54) is 11.5 Å². The number of ether oxygens (including phenoxy) is 1. The molecule has 164 valence electrons. The average Bonchev–Trinajstić information content (AvgIpc) is 3.44. The van der Waals surface area contributed by atoms with Gasteiger partial charge in [0.2, 0.25) is 5.78 Å². The smallest absolute Gasteiger partial charge is 0.207 e. The number of rotatable bonds is 6. The number of benzene rings is 3. The van der Waals surface area contributed by atoms with E-state index in [1.807, 2.05) is 85.8 Å². The third-order valence-corrected chi connectivity index (χ3v) is 6.85. The van der Waals surface area contributed by atoms with Crippen molar-refractivity contribution in [2.24, 2.45) is 0 Å². The van der Waals surface area contributed by atoms with Gasteiger partial charge in [0.25, 0.3) is 0 Å². The van der Waals surface area contributed by atoms with Crippen molar-refractivity contribution < 1.29 is 9.53 Å². The molecule has 0 fully saturated rings. The predicted molar refractivity (Wildman–Crippen MR) is 135 cm³/mol. The molecule has 0 bridgehead atoms. The van der Waals surface area contributed by atoms with E-state index in [-0.39, 0.29) is 5.78 Å². The quantitative estimate of drug-likeness (QED) is 0.249. The fraction of sp³-hybridized carbons (Fsp3) is 0.111. The van der Waals surface area contributed by atoms with Gasteiger partial charge in [0.05, 0.1) is 23.2 Å². The van der Waals surface area contributed by atoms with Crippen LogP contribution < -0.4 is 4.74 Å². The van der Waals surface area contributed by atoms with Gasteiger partial charge in [0.15, 0.2) is 0 Å². The summed E-state index contributed by atoms with van der Waals surface area (Å²) in [6.07, 6.45) is 0. The lowest BCUT2D eigenvalue weighted by Gasteiger charge is -2.09. The normalized spacial score (nSPS) is 11.1. The Labute approximate surface area is 201 Å². The van der Waals surface area contributed by atoms with Crippen LogP contribution in [-0.4, -0.2) is 21.8 Å². The summed E-state index contributed by atoms with van der Waals surface area (Å²) in [4.78, 5) is 14.4. The van der Waals surface area contributed by atoms with Crippen LogP contribution in [0.3, 0.4) is 0 Å². The summed E-state index contributed by atoms with van der Waals surface area (Å²) >= 11 is 7.30. The topological polar surface area (TPSA) is 44.1 Å². The number of hydrogen-bond donors (Lipinski definition) is 0. The Kier molecular flexibility index (Phi) is 5.75. The van der Waals surface area contributed by atoms with Crippen LogP contribution in [0.1, 0.15) is 26.5 Å².